The van der Waals surface area contributed by atoms with Gasteiger partial charge in [-0.05, 0) is 37.3 Å². The van der Waals surface area contributed by atoms with Crippen LogP contribution in [0.25, 0.3) is 0 Å². The molecule has 2 heterocycles. The van der Waals surface area contributed by atoms with Crippen LogP contribution in [0, 0.1) is 5.92 Å². The molecule has 1 amide bonds. The zero-order chi connectivity index (χ0) is 13.9. The van der Waals surface area contributed by atoms with Gasteiger partial charge in [0.05, 0.1) is 6.04 Å². The van der Waals surface area contributed by atoms with Crippen molar-refractivity contribution in [3.8, 4) is 0 Å². The van der Waals surface area contributed by atoms with Crippen LogP contribution in [0.1, 0.15) is 31.7 Å². The summed E-state index contributed by atoms with van der Waals surface area (Å²) in [5.41, 5.74) is 1.31. The highest BCUT2D eigenvalue weighted by Crippen LogP contribution is 2.28. The van der Waals surface area contributed by atoms with Crippen molar-refractivity contribution >= 4 is 5.91 Å². The van der Waals surface area contributed by atoms with Crippen LogP contribution in [-0.4, -0.2) is 41.4 Å². The first kappa shape index (κ1) is 13.6. The second-order valence-corrected chi connectivity index (χ2v) is 6.20. The Hall–Kier alpha value is -1.35. The van der Waals surface area contributed by atoms with Gasteiger partial charge < -0.3 is 4.90 Å². The number of hydrogen-bond donors (Lipinski definition) is 0. The van der Waals surface area contributed by atoms with Crippen molar-refractivity contribution in [3.05, 3.63) is 35.9 Å². The first-order valence-electron chi connectivity index (χ1n) is 7.82. The molecule has 0 aliphatic carbocycles. The predicted octanol–water partition coefficient (Wildman–Crippen LogP) is 2.52. The van der Waals surface area contributed by atoms with E-state index >= 15 is 0 Å². The van der Waals surface area contributed by atoms with Gasteiger partial charge in [-0.1, -0.05) is 37.3 Å². The maximum Gasteiger partial charge on any atom is 0.240 e. The molecule has 1 aromatic rings. The molecule has 0 N–H and O–H groups in total. The third-order valence-electron chi connectivity index (χ3n) is 4.70. The van der Waals surface area contributed by atoms with E-state index in [1.807, 2.05) is 6.07 Å². The van der Waals surface area contributed by atoms with E-state index in [1.54, 1.807) is 0 Å². The Morgan fingerprint density at radius 1 is 1.15 bits per heavy atom. The largest absolute Gasteiger partial charge is 0.341 e. The molecule has 0 saturated carbocycles. The monoisotopic (exact) mass is 272 g/mol. The molecule has 1 aromatic carbocycles. The zero-order valence-electron chi connectivity index (χ0n) is 12.3. The molecule has 2 atom stereocenters. The van der Waals surface area contributed by atoms with E-state index in [-0.39, 0.29) is 6.04 Å². The van der Waals surface area contributed by atoms with Gasteiger partial charge in [0.1, 0.15) is 0 Å². The van der Waals surface area contributed by atoms with Crippen molar-refractivity contribution in [2.24, 2.45) is 5.92 Å². The highest BCUT2D eigenvalue weighted by molar-refractivity contribution is 5.82. The van der Waals surface area contributed by atoms with E-state index in [0.717, 1.165) is 32.6 Å². The third kappa shape index (κ3) is 2.73. The molecule has 2 aliphatic rings. The number of carbonyl (C=O) groups is 1. The summed E-state index contributed by atoms with van der Waals surface area (Å²) in [4.78, 5) is 17.2. The Kier molecular flexibility index (Phi) is 4.06. The highest BCUT2D eigenvalue weighted by atomic mass is 16.2. The summed E-state index contributed by atoms with van der Waals surface area (Å²) in [5.74, 6) is 0.843. The Labute approximate surface area is 121 Å². The Bertz CT molecular complexity index is 453. The lowest BCUT2D eigenvalue weighted by Gasteiger charge is -2.29. The minimum atomic E-state index is 0.0910. The van der Waals surface area contributed by atoms with Gasteiger partial charge in [0.25, 0.3) is 0 Å². The molecule has 3 rings (SSSR count). The first-order chi connectivity index (χ1) is 9.75. The molecule has 0 radical (unpaired) electrons. The van der Waals surface area contributed by atoms with Gasteiger partial charge >= 0.3 is 0 Å². The molecule has 20 heavy (non-hydrogen) atoms. The molecule has 3 heteroatoms. The lowest BCUT2D eigenvalue weighted by Crippen LogP contribution is -2.46. The summed E-state index contributed by atoms with van der Waals surface area (Å²) in [6.45, 7) is 6.09. The molecule has 2 fully saturated rings. The van der Waals surface area contributed by atoms with Crippen LogP contribution < -0.4 is 0 Å². The van der Waals surface area contributed by atoms with E-state index < -0.39 is 0 Å². The number of likely N-dealkylation sites (tertiary alicyclic amines) is 2. The molecular weight excluding hydrogens is 248 g/mol. The fourth-order valence-corrected chi connectivity index (χ4v) is 3.55. The van der Waals surface area contributed by atoms with Crippen LogP contribution >= 0.6 is 0 Å². The fraction of sp³-hybridized carbons (Fsp3) is 0.588. The number of amides is 1. The predicted molar refractivity (Wildman–Crippen MR) is 80.2 cm³/mol. The zero-order valence-corrected chi connectivity index (χ0v) is 12.3. The van der Waals surface area contributed by atoms with E-state index in [4.69, 9.17) is 0 Å². The summed E-state index contributed by atoms with van der Waals surface area (Å²) in [5, 5.41) is 0. The van der Waals surface area contributed by atoms with E-state index in [2.05, 4.69) is 41.0 Å². The first-order valence-corrected chi connectivity index (χ1v) is 7.82. The normalized spacial score (nSPS) is 27.1. The number of nitrogens with zero attached hydrogens (tertiary/aromatic N) is 2. The standard InChI is InChI=1S/C17H24N2O/c1-14-9-12-19(13-15-7-3-2-4-8-15)16(14)17(20)18-10-5-6-11-18/h2-4,7-8,14,16H,5-6,9-13H2,1H3/t14-,16-/m0/s1. The summed E-state index contributed by atoms with van der Waals surface area (Å²) < 4.78 is 0. The molecular formula is C17H24N2O. The molecule has 3 nitrogen and oxygen atoms in total. The van der Waals surface area contributed by atoms with Gasteiger partial charge in [0.15, 0.2) is 0 Å². The lowest BCUT2D eigenvalue weighted by molar-refractivity contribution is -0.136. The second kappa shape index (κ2) is 5.96. The van der Waals surface area contributed by atoms with Gasteiger partial charge in [-0.3, -0.25) is 9.69 Å². The van der Waals surface area contributed by atoms with Crippen LogP contribution in [0.15, 0.2) is 30.3 Å². The molecule has 0 bridgehead atoms. The quantitative estimate of drug-likeness (QED) is 0.844. The van der Waals surface area contributed by atoms with Crippen LogP contribution in [-0.2, 0) is 11.3 Å². The third-order valence-corrected chi connectivity index (χ3v) is 4.70. The smallest absolute Gasteiger partial charge is 0.240 e. The molecule has 2 aliphatic heterocycles. The molecule has 0 spiro atoms. The Morgan fingerprint density at radius 2 is 1.85 bits per heavy atom. The van der Waals surface area contributed by atoms with Gasteiger partial charge in [0, 0.05) is 19.6 Å². The van der Waals surface area contributed by atoms with Crippen molar-refractivity contribution in [2.75, 3.05) is 19.6 Å². The minimum absolute atomic E-state index is 0.0910. The summed E-state index contributed by atoms with van der Waals surface area (Å²) in [6.07, 6.45) is 3.48. The summed E-state index contributed by atoms with van der Waals surface area (Å²) >= 11 is 0. The van der Waals surface area contributed by atoms with E-state index in [0.29, 0.717) is 11.8 Å². The molecule has 108 valence electrons. The summed E-state index contributed by atoms with van der Waals surface area (Å²) in [7, 11) is 0. The van der Waals surface area contributed by atoms with E-state index in [9.17, 15) is 4.79 Å². The van der Waals surface area contributed by atoms with Crippen molar-refractivity contribution in [3.63, 3.8) is 0 Å². The average molecular weight is 272 g/mol. The SMILES string of the molecule is C[C@H]1CCN(Cc2ccccc2)[C@@H]1C(=O)N1CCCC1. The second-order valence-electron chi connectivity index (χ2n) is 6.20. The fourth-order valence-electron chi connectivity index (χ4n) is 3.55. The van der Waals surface area contributed by atoms with Crippen LogP contribution in [0.3, 0.4) is 0 Å². The topological polar surface area (TPSA) is 23.6 Å². The number of rotatable bonds is 3. The van der Waals surface area contributed by atoms with Crippen molar-refractivity contribution in [2.45, 2.75) is 38.8 Å². The molecule has 0 unspecified atom stereocenters. The Morgan fingerprint density at radius 3 is 2.55 bits per heavy atom. The van der Waals surface area contributed by atoms with Gasteiger partial charge in [-0.25, -0.2) is 0 Å². The van der Waals surface area contributed by atoms with E-state index in [1.165, 1.54) is 18.4 Å². The Balaban J connectivity index is 1.71. The maximum atomic E-state index is 12.7. The van der Waals surface area contributed by atoms with Crippen molar-refractivity contribution in [1.29, 1.82) is 0 Å². The number of carbonyl (C=O) groups excluding carboxylic acids is 1. The average Bonchev–Trinajstić information content (AvgIpc) is 3.10. The minimum Gasteiger partial charge on any atom is -0.341 e. The van der Waals surface area contributed by atoms with Gasteiger partial charge in [-0.2, -0.15) is 0 Å². The van der Waals surface area contributed by atoms with Crippen LogP contribution in [0.4, 0.5) is 0 Å². The molecule has 0 aromatic heterocycles. The number of benzene rings is 1. The van der Waals surface area contributed by atoms with Gasteiger partial charge in [0.2, 0.25) is 5.91 Å². The van der Waals surface area contributed by atoms with Crippen LogP contribution in [0.5, 0.6) is 0 Å². The van der Waals surface area contributed by atoms with Crippen LogP contribution in [0.2, 0.25) is 0 Å². The maximum absolute atomic E-state index is 12.7. The highest BCUT2D eigenvalue weighted by Gasteiger charge is 2.39. The molecule has 2 saturated heterocycles. The van der Waals surface area contributed by atoms with Crippen molar-refractivity contribution in [1.82, 2.24) is 9.80 Å². The van der Waals surface area contributed by atoms with Gasteiger partial charge in [-0.15, -0.1) is 0 Å². The number of hydrogen-bond acceptors (Lipinski definition) is 2. The lowest BCUT2D eigenvalue weighted by atomic mass is 10.0. The van der Waals surface area contributed by atoms with Crippen molar-refractivity contribution < 1.29 is 4.79 Å². The summed E-state index contributed by atoms with van der Waals surface area (Å²) in [6, 6.07) is 10.6.